The highest BCUT2D eigenvalue weighted by Gasteiger charge is 2.32. The summed E-state index contributed by atoms with van der Waals surface area (Å²) in [5.74, 6) is -1.19. The number of nitrogens with zero attached hydrogens (tertiary/aromatic N) is 2. The summed E-state index contributed by atoms with van der Waals surface area (Å²) in [7, 11) is 0. The molecule has 1 aliphatic heterocycles. The molecular formula is C75H62N2O3. The van der Waals surface area contributed by atoms with E-state index in [1.165, 1.54) is 105 Å². The SMILES string of the molecule is C=C1/C=C\c2c(N(c3ccc4c5c6cccc7c8ccc9c%10c(ccc(c(cc5n(CCCCCC)c4c3)c76)c%108)C(=O)OC9=O)c3ccc4ccc5cc(C(C)(C)C)cc6ccc3c4c56)ccc3c2C/C(=C\C(C(C)(C)C)=C/1)C=C3. The quantitative estimate of drug-likeness (QED) is 0.0500. The first kappa shape index (κ1) is 48.3. The van der Waals surface area contributed by atoms with Crippen LogP contribution in [0.5, 0.6) is 0 Å². The van der Waals surface area contributed by atoms with Gasteiger partial charge in [0.2, 0.25) is 0 Å². The van der Waals surface area contributed by atoms with Gasteiger partial charge in [0.15, 0.2) is 0 Å². The van der Waals surface area contributed by atoms with Crippen LogP contribution in [-0.2, 0) is 23.1 Å². The van der Waals surface area contributed by atoms with Gasteiger partial charge in [-0.3, -0.25) is 0 Å². The van der Waals surface area contributed by atoms with Gasteiger partial charge in [0.25, 0.3) is 0 Å². The average Bonchev–Trinajstić information content (AvgIpc) is 2.57. The van der Waals surface area contributed by atoms with Gasteiger partial charge in [-0.15, -0.1) is 0 Å². The molecule has 5 heteroatoms. The highest BCUT2D eigenvalue weighted by Crippen LogP contribution is 2.51. The Bertz CT molecular complexity index is 4840. The number of allylic oxidation sites excluding steroid dienone is 7. The van der Waals surface area contributed by atoms with Crippen LogP contribution in [0, 0.1) is 5.41 Å². The first-order chi connectivity index (χ1) is 38.6. The van der Waals surface area contributed by atoms with Crippen molar-refractivity contribution in [2.45, 2.75) is 92.5 Å². The third-order valence-electron chi connectivity index (χ3n) is 18.0. The molecule has 0 N–H and O–H groups in total. The maximum absolute atomic E-state index is 13.3. The molecule has 2 heterocycles. The van der Waals surface area contributed by atoms with Crippen molar-refractivity contribution in [3.05, 3.63) is 208 Å². The molecule has 0 atom stereocenters. The fraction of sp³-hybridized carbons (Fsp3) is 0.200. The van der Waals surface area contributed by atoms with Gasteiger partial charge in [-0.25, -0.2) is 9.59 Å². The van der Waals surface area contributed by atoms with Crippen molar-refractivity contribution < 1.29 is 14.3 Å². The summed E-state index contributed by atoms with van der Waals surface area (Å²) in [5, 5.41) is 18.3. The number of aromatic nitrogens is 1. The fourth-order valence-electron chi connectivity index (χ4n) is 14.0. The Kier molecular flexibility index (Phi) is 10.5. The number of hydrogen-bond donors (Lipinski definition) is 0. The van der Waals surface area contributed by atoms with Gasteiger partial charge < -0.3 is 14.2 Å². The van der Waals surface area contributed by atoms with Gasteiger partial charge in [-0.05, 0) is 164 Å². The van der Waals surface area contributed by atoms with Crippen LogP contribution in [0.2, 0.25) is 0 Å². The molecule has 80 heavy (non-hydrogen) atoms. The van der Waals surface area contributed by atoms with Gasteiger partial charge in [0.05, 0.1) is 33.5 Å². The summed E-state index contributed by atoms with van der Waals surface area (Å²) in [6, 6.07) is 47.6. The van der Waals surface area contributed by atoms with E-state index in [9.17, 15) is 9.59 Å². The number of unbranched alkanes of at least 4 members (excludes halogenated alkanes) is 3. The average molecular weight is 1040 g/mol. The van der Waals surface area contributed by atoms with Gasteiger partial charge >= 0.3 is 11.9 Å². The van der Waals surface area contributed by atoms with Crippen LogP contribution in [0.1, 0.15) is 117 Å². The lowest BCUT2D eigenvalue weighted by molar-refractivity contribution is 0.0391. The van der Waals surface area contributed by atoms with Crippen LogP contribution in [0.15, 0.2) is 175 Å². The molecule has 5 nitrogen and oxygen atoms in total. The first-order valence-corrected chi connectivity index (χ1v) is 28.7. The lowest BCUT2D eigenvalue weighted by Crippen LogP contribution is -2.19. The van der Waals surface area contributed by atoms with Crippen LogP contribution in [-0.4, -0.2) is 16.5 Å². The predicted molar refractivity (Wildman–Crippen MR) is 338 cm³/mol. The number of esters is 2. The summed E-state index contributed by atoms with van der Waals surface area (Å²) in [6.45, 7) is 21.5. The van der Waals surface area contributed by atoms with E-state index in [-0.39, 0.29) is 10.8 Å². The molecule has 390 valence electrons. The number of ether oxygens (including phenoxy) is 1. The minimum atomic E-state index is -0.595. The largest absolute Gasteiger partial charge is 0.386 e. The molecule has 1 aromatic heterocycles. The van der Waals surface area contributed by atoms with Crippen molar-refractivity contribution in [3.8, 4) is 0 Å². The third kappa shape index (κ3) is 7.15. The van der Waals surface area contributed by atoms with Crippen molar-refractivity contribution in [2.75, 3.05) is 4.90 Å². The number of benzene rings is 11. The number of fused-ring (bicyclic) bond motifs is 7. The third-order valence-corrected chi connectivity index (χ3v) is 18.0. The Balaban J connectivity index is 1.03. The summed E-state index contributed by atoms with van der Waals surface area (Å²) in [6.07, 6.45) is 19.1. The smallest absolute Gasteiger partial charge is 0.346 e. The second kappa shape index (κ2) is 17.3. The maximum atomic E-state index is 13.3. The molecule has 12 aromatic rings. The molecule has 0 saturated carbocycles. The number of carbonyl (C=O) groups excluding carboxylic acids is 2. The molecule has 0 saturated heterocycles. The topological polar surface area (TPSA) is 51.5 Å². The van der Waals surface area contributed by atoms with Gasteiger partial charge in [0.1, 0.15) is 0 Å². The van der Waals surface area contributed by atoms with Gasteiger partial charge in [-0.2, -0.15) is 0 Å². The fourth-order valence-corrected chi connectivity index (χ4v) is 14.0. The van der Waals surface area contributed by atoms with E-state index in [1.54, 1.807) is 0 Å². The summed E-state index contributed by atoms with van der Waals surface area (Å²) >= 11 is 0. The number of rotatable bonds is 8. The molecule has 0 amide bonds. The Morgan fingerprint density at radius 1 is 0.537 bits per heavy atom. The Morgan fingerprint density at radius 2 is 1.23 bits per heavy atom. The minimum Gasteiger partial charge on any atom is -0.386 e. The van der Waals surface area contributed by atoms with Crippen LogP contribution in [0.25, 0.3) is 109 Å². The van der Waals surface area contributed by atoms with Crippen molar-refractivity contribution in [2.24, 2.45) is 5.41 Å². The van der Waals surface area contributed by atoms with Crippen molar-refractivity contribution in [1.29, 1.82) is 0 Å². The summed E-state index contributed by atoms with van der Waals surface area (Å²) < 4.78 is 7.84. The summed E-state index contributed by atoms with van der Waals surface area (Å²) in [5.41, 5.74) is 15.1. The molecule has 15 rings (SSSR count). The monoisotopic (exact) mass is 1040 g/mol. The van der Waals surface area contributed by atoms with Crippen molar-refractivity contribution in [1.82, 2.24) is 4.57 Å². The van der Waals surface area contributed by atoms with Crippen LogP contribution in [0.4, 0.5) is 17.1 Å². The zero-order valence-corrected chi connectivity index (χ0v) is 46.7. The van der Waals surface area contributed by atoms with E-state index in [1.807, 2.05) is 18.2 Å². The predicted octanol–water partition coefficient (Wildman–Crippen LogP) is 20.5. The first-order valence-electron chi connectivity index (χ1n) is 28.7. The van der Waals surface area contributed by atoms with Gasteiger partial charge in [-0.1, -0.05) is 196 Å². The van der Waals surface area contributed by atoms with Gasteiger partial charge in [0, 0.05) is 39.3 Å². The number of aryl methyl sites for hydroxylation is 1. The molecule has 11 aromatic carbocycles. The van der Waals surface area contributed by atoms with Crippen LogP contribution < -0.4 is 4.90 Å². The standard InChI is InChI=1S/C75H62N2O3/c1-9-10-11-12-34-76-64-40-50(24-27-56(64)69-57-15-13-14-52-53-28-30-58-71-59(73(79)80-72(58)78)31-29-54(70(53)71)61(68(52)57)41-65(69)76)77(62-32-22-44-18-17-43-36-48(74(3,4)5)35-42(2)16-25-51(62)60(44)37-43)63-33-23-45-19-20-46-38-49(75(6,7)8)39-47-21-26-55(63)67(45)66(46)47/h13-33,35-36,38-41H,2,9-12,34,37H2,1,3-8H3/b25-16-,43-36-,48-35+. The highest BCUT2D eigenvalue weighted by atomic mass is 16.6. The second-order valence-electron chi connectivity index (χ2n) is 25.0. The van der Waals surface area contributed by atoms with E-state index in [0.29, 0.717) is 16.5 Å². The molecule has 2 aliphatic carbocycles. The minimum absolute atomic E-state index is 0.00448. The number of carbonyl (C=O) groups is 2. The van der Waals surface area contributed by atoms with Crippen LogP contribution in [0.3, 0.4) is 0 Å². The van der Waals surface area contributed by atoms with Crippen molar-refractivity contribution in [3.63, 3.8) is 0 Å². The van der Waals surface area contributed by atoms with E-state index in [0.717, 1.165) is 81.8 Å². The normalized spacial score (nSPS) is 16.6. The molecule has 0 fully saturated rings. The lowest BCUT2D eigenvalue weighted by atomic mass is 9.81. The molecular weight excluding hydrogens is 977 g/mol. The van der Waals surface area contributed by atoms with Crippen molar-refractivity contribution >= 4 is 138 Å². The van der Waals surface area contributed by atoms with Crippen LogP contribution >= 0.6 is 0 Å². The zero-order valence-electron chi connectivity index (χ0n) is 46.7. The molecule has 2 bridgehead atoms. The second-order valence-corrected chi connectivity index (χ2v) is 25.0. The Labute approximate surface area is 466 Å². The van der Waals surface area contributed by atoms with E-state index < -0.39 is 11.9 Å². The Hall–Kier alpha value is -8.80. The van der Waals surface area contributed by atoms with E-state index >= 15 is 0 Å². The maximum Gasteiger partial charge on any atom is 0.346 e. The molecule has 0 radical (unpaired) electrons. The lowest BCUT2D eigenvalue weighted by Gasteiger charge is -2.31. The molecule has 0 unspecified atom stereocenters. The number of cyclic esters (lactones) is 2. The molecule has 3 aliphatic rings. The highest BCUT2D eigenvalue weighted by molar-refractivity contribution is 6.41. The van der Waals surface area contributed by atoms with E-state index in [4.69, 9.17) is 4.74 Å². The Morgan fingerprint density at radius 3 is 1.99 bits per heavy atom. The number of anilines is 3. The van der Waals surface area contributed by atoms with E-state index in [2.05, 4.69) is 210 Å². The zero-order chi connectivity index (χ0) is 54.7. The summed E-state index contributed by atoms with van der Waals surface area (Å²) in [4.78, 5) is 29.2. The molecule has 0 spiro atoms. The number of hydrogen-bond acceptors (Lipinski definition) is 4.